The fourth-order valence-corrected chi connectivity index (χ4v) is 4.46. The van der Waals surface area contributed by atoms with Crippen LogP contribution in [0.1, 0.15) is 35.1 Å². The number of hydrogen-bond acceptors (Lipinski definition) is 2. The largest absolute Gasteiger partial charge is 0.384 e. The van der Waals surface area contributed by atoms with E-state index in [2.05, 4.69) is 52.7 Å². The second-order valence-corrected chi connectivity index (χ2v) is 7.21. The van der Waals surface area contributed by atoms with Gasteiger partial charge in [-0.2, -0.15) is 0 Å². The molecule has 2 aromatic rings. The Labute approximate surface area is 132 Å². The fraction of sp³-hybridized carbons (Fsp3) is 0.400. The van der Waals surface area contributed by atoms with E-state index in [1.54, 1.807) is 11.1 Å². The van der Waals surface area contributed by atoms with Crippen molar-refractivity contribution in [2.45, 2.75) is 37.8 Å². The zero-order chi connectivity index (χ0) is 14.6. The number of hydrogen-bond donors (Lipinski definition) is 1. The molecule has 2 heteroatoms. The monoisotopic (exact) mass is 290 g/mol. The van der Waals surface area contributed by atoms with Crippen LogP contribution in [-0.2, 0) is 24.9 Å². The highest BCUT2D eigenvalue weighted by molar-refractivity contribution is 5.61. The molecule has 0 saturated heterocycles. The van der Waals surface area contributed by atoms with Gasteiger partial charge < -0.3 is 5.32 Å². The molecule has 1 spiro atoms. The average Bonchev–Trinajstić information content (AvgIpc) is 3.12. The summed E-state index contributed by atoms with van der Waals surface area (Å²) in [5, 5.41) is 3.59. The van der Waals surface area contributed by atoms with Crippen LogP contribution in [0.15, 0.2) is 42.5 Å². The van der Waals surface area contributed by atoms with E-state index in [0.717, 1.165) is 19.6 Å². The summed E-state index contributed by atoms with van der Waals surface area (Å²) in [4.78, 5) is 2.66. The van der Waals surface area contributed by atoms with Gasteiger partial charge in [0.1, 0.15) is 0 Å². The molecule has 0 unspecified atom stereocenters. The number of benzene rings is 2. The number of fused-ring (bicyclic) bond motifs is 3. The molecular weight excluding hydrogens is 268 g/mol. The van der Waals surface area contributed by atoms with Crippen molar-refractivity contribution in [2.24, 2.45) is 0 Å². The predicted octanol–water partition coefficient (Wildman–Crippen LogP) is 3.70. The van der Waals surface area contributed by atoms with E-state index in [9.17, 15) is 0 Å². The Morgan fingerprint density at radius 1 is 1.00 bits per heavy atom. The quantitative estimate of drug-likeness (QED) is 0.907. The smallest absolute Gasteiger partial charge is 0.0419 e. The van der Waals surface area contributed by atoms with E-state index in [0.29, 0.717) is 5.41 Å². The first-order chi connectivity index (χ1) is 10.8. The van der Waals surface area contributed by atoms with Gasteiger partial charge in [0.2, 0.25) is 0 Å². The molecule has 5 rings (SSSR count). The van der Waals surface area contributed by atoms with Crippen molar-refractivity contribution in [1.82, 2.24) is 4.90 Å². The van der Waals surface area contributed by atoms with E-state index in [-0.39, 0.29) is 0 Å². The van der Waals surface area contributed by atoms with Crippen LogP contribution in [0.2, 0.25) is 0 Å². The van der Waals surface area contributed by atoms with E-state index >= 15 is 0 Å². The molecule has 2 nitrogen and oxygen atoms in total. The molecule has 0 atom stereocenters. The van der Waals surface area contributed by atoms with Gasteiger partial charge in [0.15, 0.2) is 0 Å². The third-order valence-corrected chi connectivity index (χ3v) is 5.69. The van der Waals surface area contributed by atoms with Crippen LogP contribution in [0.4, 0.5) is 5.69 Å². The van der Waals surface area contributed by atoms with Crippen LogP contribution in [0.3, 0.4) is 0 Å². The van der Waals surface area contributed by atoms with Crippen LogP contribution in [0, 0.1) is 0 Å². The Kier molecular flexibility index (Phi) is 2.66. The van der Waals surface area contributed by atoms with Crippen molar-refractivity contribution in [3.05, 3.63) is 64.7 Å². The minimum Gasteiger partial charge on any atom is -0.384 e. The third kappa shape index (κ3) is 1.90. The van der Waals surface area contributed by atoms with Gasteiger partial charge in [-0.1, -0.05) is 42.5 Å². The minimum atomic E-state index is 0.472. The second kappa shape index (κ2) is 4.60. The zero-order valence-corrected chi connectivity index (χ0v) is 12.9. The molecule has 0 aromatic heterocycles. The Balaban J connectivity index is 1.45. The summed E-state index contributed by atoms with van der Waals surface area (Å²) in [5.74, 6) is 0. The van der Waals surface area contributed by atoms with Crippen molar-refractivity contribution >= 4 is 5.69 Å². The Morgan fingerprint density at radius 3 is 2.77 bits per heavy atom. The van der Waals surface area contributed by atoms with Crippen LogP contribution >= 0.6 is 0 Å². The maximum absolute atomic E-state index is 3.59. The van der Waals surface area contributed by atoms with Crippen LogP contribution in [-0.4, -0.2) is 18.0 Å². The molecule has 1 N–H and O–H groups in total. The lowest BCUT2D eigenvalue weighted by molar-refractivity contribution is 0.213. The van der Waals surface area contributed by atoms with Gasteiger partial charge in [-0.15, -0.1) is 0 Å². The zero-order valence-electron chi connectivity index (χ0n) is 12.9. The molecule has 2 aliphatic heterocycles. The Hall–Kier alpha value is -1.80. The minimum absolute atomic E-state index is 0.472. The van der Waals surface area contributed by atoms with Crippen molar-refractivity contribution in [3.63, 3.8) is 0 Å². The summed E-state index contributed by atoms with van der Waals surface area (Å²) >= 11 is 0. The first kappa shape index (κ1) is 12.7. The average molecular weight is 290 g/mol. The lowest BCUT2D eigenvalue weighted by Gasteiger charge is -2.35. The Morgan fingerprint density at radius 2 is 1.86 bits per heavy atom. The molecule has 2 heterocycles. The molecule has 0 radical (unpaired) electrons. The molecule has 1 aliphatic carbocycles. The highest BCUT2D eigenvalue weighted by Gasteiger charge is 2.48. The molecule has 1 fully saturated rings. The van der Waals surface area contributed by atoms with Crippen molar-refractivity contribution in [3.8, 4) is 0 Å². The van der Waals surface area contributed by atoms with Gasteiger partial charge in [0.25, 0.3) is 0 Å². The normalized spacial score (nSPS) is 21.3. The number of rotatable bonds is 2. The van der Waals surface area contributed by atoms with Crippen molar-refractivity contribution in [1.29, 1.82) is 0 Å². The van der Waals surface area contributed by atoms with Crippen molar-refractivity contribution in [2.75, 3.05) is 18.4 Å². The maximum atomic E-state index is 3.59. The molecule has 22 heavy (non-hydrogen) atoms. The summed E-state index contributed by atoms with van der Waals surface area (Å²) in [5.41, 5.74) is 8.03. The first-order valence-electron chi connectivity index (χ1n) is 8.49. The molecule has 0 amide bonds. The SMILES string of the molecule is c1ccc2c(c1)CN(Cc1cccc3c1NCC3)CC21CC1. The summed E-state index contributed by atoms with van der Waals surface area (Å²) in [6.45, 7) is 4.50. The third-order valence-electron chi connectivity index (χ3n) is 5.69. The fourth-order valence-electron chi connectivity index (χ4n) is 4.46. The molecule has 2 aromatic carbocycles. The Bertz CT molecular complexity index is 730. The summed E-state index contributed by atoms with van der Waals surface area (Å²) in [6.07, 6.45) is 3.91. The number of para-hydroxylation sites is 1. The number of nitrogens with one attached hydrogen (secondary N) is 1. The van der Waals surface area contributed by atoms with E-state index in [1.165, 1.54) is 42.6 Å². The van der Waals surface area contributed by atoms with Crippen LogP contribution < -0.4 is 5.32 Å². The lowest BCUT2D eigenvalue weighted by Crippen LogP contribution is -2.37. The van der Waals surface area contributed by atoms with E-state index < -0.39 is 0 Å². The highest BCUT2D eigenvalue weighted by atomic mass is 15.1. The maximum Gasteiger partial charge on any atom is 0.0419 e. The molecule has 0 bridgehead atoms. The topological polar surface area (TPSA) is 15.3 Å². The molecule has 1 saturated carbocycles. The van der Waals surface area contributed by atoms with E-state index in [4.69, 9.17) is 0 Å². The van der Waals surface area contributed by atoms with Crippen LogP contribution in [0.25, 0.3) is 0 Å². The van der Waals surface area contributed by atoms with Gasteiger partial charge >= 0.3 is 0 Å². The van der Waals surface area contributed by atoms with Crippen LogP contribution in [0.5, 0.6) is 0 Å². The van der Waals surface area contributed by atoms with Gasteiger partial charge in [-0.3, -0.25) is 4.90 Å². The number of nitrogens with zero attached hydrogens (tertiary/aromatic N) is 1. The van der Waals surface area contributed by atoms with Gasteiger partial charge in [-0.25, -0.2) is 0 Å². The van der Waals surface area contributed by atoms with Gasteiger partial charge in [0, 0.05) is 37.3 Å². The molecule has 112 valence electrons. The summed E-state index contributed by atoms with van der Waals surface area (Å²) < 4.78 is 0. The summed E-state index contributed by atoms with van der Waals surface area (Å²) in [7, 11) is 0. The standard InChI is InChI=1S/C20H22N2/c1-2-7-18-16(4-1)12-22(14-20(18)9-10-20)13-17-6-3-5-15-8-11-21-19(15)17/h1-7,21H,8-14H2. The van der Waals surface area contributed by atoms with Crippen molar-refractivity contribution < 1.29 is 0 Å². The first-order valence-corrected chi connectivity index (χ1v) is 8.49. The molecular formula is C20H22N2. The van der Waals surface area contributed by atoms with Gasteiger partial charge in [-0.05, 0) is 41.5 Å². The lowest BCUT2D eigenvalue weighted by atomic mass is 9.87. The second-order valence-electron chi connectivity index (χ2n) is 7.21. The van der Waals surface area contributed by atoms with Gasteiger partial charge in [0.05, 0.1) is 0 Å². The van der Waals surface area contributed by atoms with E-state index in [1.807, 2.05) is 0 Å². The summed E-state index contributed by atoms with van der Waals surface area (Å²) in [6, 6.07) is 15.9. The predicted molar refractivity (Wildman–Crippen MR) is 90.1 cm³/mol. The highest BCUT2D eigenvalue weighted by Crippen LogP contribution is 2.52. The molecule has 3 aliphatic rings. The number of anilines is 1.